The molecule has 2 aromatic heterocycles. The Morgan fingerprint density at radius 2 is 1.95 bits per heavy atom. The molecule has 1 fully saturated rings. The molecule has 1 atom stereocenters. The Hall–Kier alpha value is -4.35. The number of aromatic nitrogens is 2. The van der Waals surface area contributed by atoms with Crippen LogP contribution in [0.1, 0.15) is 43.1 Å². The number of carbonyl (C=O) groups excluding carboxylic acids is 1. The van der Waals surface area contributed by atoms with Crippen molar-refractivity contribution >= 4 is 28.9 Å². The van der Waals surface area contributed by atoms with E-state index in [1.165, 1.54) is 25.0 Å². The highest BCUT2D eigenvalue weighted by Gasteiger charge is 2.29. The van der Waals surface area contributed by atoms with E-state index in [1.54, 1.807) is 43.9 Å². The second kappa shape index (κ2) is 10.8. The van der Waals surface area contributed by atoms with Crippen molar-refractivity contribution in [3.05, 3.63) is 57.6 Å². The van der Waals surface area contributed by atoms with Gasteiger partial charge in [-0.3, -0.25) is 4.79 Å². The summed E-state index contributed by atoms with van der Waals surface area (Å²) in [7, 11) is 3.01. The lowest BCUT2D eigenvalue weighted by atomic mass is 10.1. The number of rotatable bonds is 7. The first-order chi connectivity index (χ1) is 18.4. The Bertz CT molecular complexity index is 1480. The number of aromatic carboxylic acids is 1. The zero-order valence-corrected chi connectivity index (χ0v) is 22.4. The van der Waals surface area contributed by atoms with Gasteiger partial charge in [0.15, 0.2) is 11.6 Å². The van der Waals surface area contributed by atoms with Crippen molar-refractivity contribution in [2.45, 2.75) is 45.4 Å². The smallest absolute Gasteiger partial charge is 0.407 e. The summed E-state index contributed by atoms with van der Waals surface area (Å²) in [5.41, 5.74) is -1.22. The predicted octanol–water partition coefficient (Wildman–Crippen LogP) is 3.40. The van der Waals surface area contributed by atoms with Gasteiger partial charge in [-0.1, -0.05) is 0 Å². The van der Waals surface area contributed by atoms with Crippen molar-refractivity contribution in [3.63, 3.8) is 0 Å². The molecule has 3 aromatic rings. The molecule has 0 radical (unpaired) electrons. The highest BCUT2D eigenvalue weighted by atomic mass is 19.1. The Morgan fingerprint density at radius 1 is 1.21 bits per heavy atom. The van der Waals surface area contributed by atoms with E-state index in [9.17, 15) is 19.5 Å². The number of ether oxygens (including phenoxy) is 3. The molecule has 12 heteroatoms. The minimum Gasteiger partial charge on any atom is -0.497 e. The number of pyridine rings is 2. The number of nitrogens with one attached hydrogen (secondary N) is 1. The Balaban J connectivity index is 1.73. The average Bonchev–Trinajstić information content (AvgIpc) is 3.32. The number of fused-ring (bicyclic) bond motifs is 1. The topological polar surface area (TPSA) is 132 Å². The molecule has 1 aromatic carbocycles. The highest BCUT2D eigenvalue weighted by molar-refractivity contribution is 5.92. The van der Waals surface area contributed by atoms with Gasteiger partial charge >= 0.3 is 12.1 Å². The van der Waals surface area contributed by atoms with E-state index in [4.69, 9.17) is 14.2 Å². The van der Waals surface area contributed by atoms with Crippen LogP contribution >= 0.6 is 0 Å². The number of carbonyl (C=O) groups is 2. The first-order valence-corrected chi connectivity index (χ1v) is 12.3. The maximum absolute atomic E-state index is 15.3. The summed E-state index contributed by atoms with van der Waals surface area (Å²) in [6, 6.07) is 5.87. The normalized spacial score (nSPS) is 15.3. The number of methoxy groups -OCH3 is 2. The molecule has 2 N–H and O–H groups in total. The molecule has 1 aliphatic rings. The molecule has 39 heavy (non-hydrogen) atoms. The van der Waals surface area contributed by atoms with Gasteiger partial charge in [0.05, 0.1) is 32.2 Å². The number of hydrogen-bond acceptors (Lipinski definition) is 8. The number of anilines is 1. The number of nitrogens with zero attached hydrogens (tertiary/aromatic N) is 3. The lowest BCUT2D eigenvalue weighted by Crippen LogP contribution is -2.40. The van der Waals surface area contributed by atoms with Crippen molar-refractivity contribution < 1.29 is 33.3 Å². The van der Waals surface area contributed by atoms with E-state index in [1.807, 2.05) is 0 Å². The van der Waals surface area contributed by atoms with Gasteiger partial charge in [-0.25, -0.2) is 19.0 Å². The van der Waals surface area contributed by atoms with E-state index >= 15 is 4.39 Å². The second-order valence-electron chi connectivity index (χ2n) is 10.2. The van der Waals surface area contributed by atoms with Gasteiger partial charge in [0.25, 0.3) is 0 Å². The highest BCUT2D eigenvalue weighted by Crippen LogP contribution is 2.28. The van der Waals surface area contributed by atoms with Crippen molar-refractivity contribution in [2.75, 3.05) is 32.2 Å². The number of halogens is 1. The van der Waals surface area contributed by atoms with Gasteiger partial charge in [0, 0.05) is 30.9 Å². The molecule has 1 unspecified atom stereocenters. The van der Waals surface area contributed by atoms with E-state index in [0.29, 0.717) is 30.0 Å². The third kappa shape index (κ3) is 6.05. The predicted molar refractivity (Wildman–Crippen MR) is 142 cm³/mol. The molecule has 0 aliphatic carbocycles. The van der Waals surface area contributed by atoms with Crippen LogP contribution in [0.3, 0.4) is 0 Å². The first kappa shape index (κ1) is 27.7. The number of amides is 1. The second-order valence-corrected chi connectivity index (χ2v) is 10.2. The van der Waals surface area contributed by atoms with Gasteiger partial charge in [0.2, 0.25) is 5.43 Å². The third-order valence-electron chi connectivity index (χ3n) is 6.26. The van der Waals surface area contributed by atoms with E-state index < -0.39 is 34.5 Å². The van der Waals surface area contributed by atoms with Gasteiger partial charge in [-0.2, -0.15) is 0 Å². The zero-order valence-electron chi connectivity index (χ0n) is 22.4. The summed E-state index contributed by atoms with van der Waals surface area (Å²) in [5.74, 6) is -1.16. The van der Waals surface area contributed by atoms with Crippen molar-refractivity contribution in [3.8, 4) is 11.5 Å². The Labute approximate surface area is 224 Å². The molecule has 0 bridgehead atoms. The van der Waals surface area contributed by atoms with Gasteiger partial charge in [-0.05, 0) is 45.4 Å². The molecule has 3 heterocycles. The summed E-state index contributed by atoms with van der Waals surface area (Å²) in [5, 5.41) is 12.3. The van der Waals surface area contributed by atoms with E-state index in [0.717, 1.165) is 6.07 Å². The van der Waals surface area contributed by atoms with Crippen LogP contribution < -0.4 is 25.1 Å². The standard InChI is InChI=1S/C27H31FN4O7/c1-27(2,3)39-26(36)29-16-8-9-31(13-16)24-20(28)11-18-22(33)19(25(34)35)14-32(23(18)30-24)12-15-6-7-17(37-4)10-21(15)38-5/h6-7,10-11,14,16H,8-9,12-13H2,1-5H3,(H,29,36)(H,34,35). The monoisotopic (exact) mass is 542 g/mol. The fourth-order valence-corrected chi connectivity index (χ4v) is 4.48. The lowest BCUT2D eigenvalue weighted by Gasteiger charge is -2.22. The van der Waals surface area contributed by atoms with Gasteiger partial charge < -0.3 is 34.1 Å². The van der Waals surface area contributed by atoms with Gasteiger partial charge in [0.1, 0.15) is 28.3 Å². The number of carboxylic acids is 1. The number of benzene rings is 1. The minimum atomic E-state index is -1.43. The maximum Gasteiger partial charge on any atom is 0.407 e. The summed E-state index contributed by atoms with van der Waals surface area (Å²) >= 11 is 0. The van der Waals surface area contributed by atoms with Crippen LogP contribution in [0.15, 0.2) is 35.3 Å². The van der Waals surface area contributed by atoms with Crippen LogP contribution in [0.25, 0.3) is 11.0 Å². The van der Waals surface area contributed by atoms with Gasteiger partial charge in [-0.15, -0.1) is 0 Å². The summed E-state index contributed by atoms with van der Waals surface area (Å²) < 4.78 is 32.8. The molecule has 0 saturated carbocycles. The van der Waals surface area contributed by atoms with Crippen LogP contribution in [0.5, 0.6) is 11.5 Å². The minimum absolute atomic E-state index is 0.00564. The molecular formula is C27H31FN4O7. The maximum atomic E-state index is 15.3. The summed E-state index contributed by atoms with van der Waals surface area (Å²) in [4.78, 5) is 43.1. The average molecular weight is 543 g/mol. The number of alkyl carbamates (subject to hydrolysis) is 1. The van der Waals surface area contributed by atoms with E-state index in [-0.39, 0.29) is 36.0 Å². The van der Waals surface area contributed by atoms with Crippen LogP contribution in [-0.4, -0.2) is 65.7 Å². The fraction of sp³-hybridized carbons (Fsp3) is 0.407. The van der Waals surface area contributed by atoms with Crippen LogP contribution in [0.4, 0.5) is 15.0 Å². The Kier molecular flexibility index (Phi) is 7.66. The zero-order chi connectivity index (χ0) is 28.5. The molecular weight excluding hydrogens is 511 g/mol. The van der Waals surface area contributed by atoms with Crippen molar-refractivity contribution in [1.82, 2.24) is 14.9 Å². The van der Waals surface area contributed by atoms with Crippen LogP contribution in [-0.2, 0) is 11.3 Å². The summed E-state index contributed by atoms with van der Waals surface area (Å²) in [6.07, 6.45) is 1.17. The number of carboxylic acid groups (broad SMARTS) is 1. The van der Waals surface area contributed by atoms with Crippen LogP contribution in [0.2, 0.25) is 0 Å². The lowest BCUT2D eigenvalue weighted by molar-refractivity contribution is 0.0508. The molecule has 1 aliphatic heterocycles. The molecule has 0 spiro atoms. The van der Waals surface area contributed by atoms with Crippen molar-refractivity contribution in [2.24, 2.45) is 0 Å². The van der Waals surface area contributed by atoms with Crippen LogP contribution in [0, 0.1) is 5.82 Å². The number of hydrogen-bond donors (Lipinski definition) is 2. The summed E-state index contributed by atoms with van der Waals surface area (Å²) in [6.45, 7) is 6.05. The Morgan fingerprint density at radius 3 is 2.59 bits per heavy atom. The largest absolute Gasteiger partial charge is 0.497 e. The molecule has 4 rings (SSSR count). The molecule has 1 saturated heterocycles. The van der Waals surface area contributed by atoms with Crippen molar-refractivity contribution in [1.29, 1.82) is 0 Å². The third-order valence-corrected chi connectivity index (χ3v) is 6.26. The fourth-order valence-electron chi connectivity index (χ4n) is 4.48. The SMILES string of the molecule is COc1ccc(Cn2cc(C(=O)O)c(=O)c3cc(F)c(N4CCC(NC(=O)OC(C)(C)C)C4)nc32)c(OC)c1. The molecule has 1 amide bonds. The molecule has 11 nitrogen and oxygen atoms in total. The molecule has 208 valence electrons. The first-order valence-electron chi connectivity index (χ1n) is 12.3. The quantitative estimate of drug-likeness (QED) is 0.461. The van der Waals surface area contributed by atoms with E-state index in [2.05, 4.69) is 10.3 Å².